The van der Waals surface area contributed by atoms with Crippen LogP contribution in [0, 0.1) is 0 Å². The SMILES string of the molecule is COc1ccc(N(Cc2cccs2)C(=O)CCn2c(=O)n(C)c3ccccc32)cc1. The van der Waals surface area contributed by atoms with Crippen molar-refractivity contribution < 1.29 is 9.53 Å². The summed E-state index contributed by atoms with van der Waals surface area (Å²) in [7, 11) is 3.37. The van der Waals surface area contributed by atoms with Crippen molar-refractivity contribution in [1.82, 2.24) is 9.13 Å². The molecule has 7 heteroatoms. The number of amides is 1. The number of benzene rings is 2. The first kappa shape index (κ1) is 20.0. The van der Waals surface area contributed by atoms with Gasteiger partial charge in [0.25, 0.3) is 0 Å². The molecule has 2 aromatic heterocycles. The number of hydrogen-bond acceptors (Lipinski definition) is 4. The van der Waals surface area contributed by atoms with E-state index < -0.39 is 0 Å². The summed E-state index contributed by atoms with van der Waals surface area (Å²) < 4.78 is 8.52. The summed E-state index contributed by atoms with van der Waals surface area (Å²) in [6, 6.07) is 19.1. The van der Waals surface area contributed by atoms with Crippen molar-refractivity contribution in [3.8, 4) is 5.75 Å². The lowest BCUT2D eigenvalue weighted by molar-refractivity contribution is -0.118. The lowest BCUT2D eigenvalue weighted by Crippen LogP contribution is -2.32. The lowest BCUT2D eigenvalue weighted by atomic mass is 10.2. The van der Waals surface area contributed by atoms with E-state index in [4.69, 9.17) is 4.74 Å². The summed E-state index contributed by atoms with van der Waals surface area (Å²) in [5, 5.41) is 2.00. The Bertz CT molecular complexity index is 1210. The second-order valence-corrected chi connectivity index (χ2v) is 8.02. The molecule has 2 aromatic carbocycles. The number of imidazole rings is 1. The first-order chi connectivity index (χ1) is 14.6. The molecule has 0 aliphatic heterocycles. The van der Waals surface area contributed by atoms with Gasteiger partial charge in [-0.1, -0.05) is 18.2 Å². The Hall–Kier alpha value is -3.32. The van der Waals surface area contributed by atoms with Crippen molar-refractivity contribution in [2.75, 3.05) is 12.0 Å². The molecular formula is C23H23N3O3S. The standard InChI is InChI=1S/C23H23N3O3S/c1-24-20-7-3-4-8-21(20)25(23(24)28)14-13-22(27)26(16-19-6-5-15-30-19)17-9-11-18(29-2)12-10-17/h3-12,15H,13-14,16H2,1-2H3. The fraction of sp³-hybridized carbons (Fsp3) is 0.217. The van der Waals surface area contributed by atoms with E-state index in [1.165, 1.54) is 0 Å². The minimum Gasteiger partial charge on any atom is -0.497 e. The number of methoxy groups -OCH3 is 1. The van der Waals surface area contributed by atoms with Gasteiger partial charge < -0.3 is 9.64 Å². The highest BCUT2D eigenvalue weighted by Gasteiger charge is 2.19. The maximum atomic E-state index is 13.2. The fourth-order valence-corrected chi connectivity index (χ4v) is 4.26. The van der Waals surface area contributed by atoms with Gasteiger partial charge in [0.15, 0.2) is 0 Å². The molecule has 0 spiro atoms. The molecule has 0 bridgehead atoms. The van der Waals surface area contributed by atoms with E-state index in [0.717, 1.165) is 27.3 Å². The zero-order valence-electron chi connectivity index (χ0n) is 16.9. The third-order valence-electron chi connectivity index (χ3n) is 5.18. The Labute approximate surface area is 178 Å². The largest absolute Gasteiger partial charge is 0.497 e. The maximum absolute atomic E-state index is 13.2. The summed E-state index contributed by atoms with van der Waals surface area (Å²) in [5.41, 5.74) is 2.39. The molecule has 0 aliphatic rings. The highest BCUT2D eigenvalue weighted by molar-refractivity contribution is 7.09. The van der Waals surface area contributed by atoms with Crippen LogP contribution in [0.4, 0.5) is 5.69 Å². The third kappa shape index (κ3) is 3.89. The summed E-state index contributed by atoms with van der Waals surface area (Å²) in [5.74, 6) is 0.706. The van der Waals surface area contributed by atoms with Crippen LogP contribution < -0.4 is 15.3 Å². The molecule has 154 valence electrons. The number of hydrogen-bond donors (Lipinski definition) is 0. The Morgan fingerprint density at radius 3 is 2.43 bits per heavy atom. The molecule has 30 heavy (non-hydrogen) atoms. The Morgan fingerprint density at radius 2 is 1.77 bits per heavy atom. The smallest absolute Gasteiger partial charge is 0.328 e. The van der Waals surface area contributed by atoms with Crippen molar-refractivity contribution in [1.29, 1.82) is 0 Å². The first-order valence-corrected chi connectivity index (χ1v) is 10.6. The molecule has 0 saturated heterocycles. The molecule has 2 heterocycles. The normalized spacial score (nSPS) is 11.0. The van der Waals surface area contributed by atoms with Crippen molar-refractivity contribution >= 4 is 34.0 Å². The Balaban J connectivity index is 1.59. The molecule has 4 rings (SSSR count). The van der Waals surface area contributed by atoms with Crippen molar-refractivity contribution in [2.45, 2.75) is 19.5 Å². The number of ether oxygens (including phenoxy) is 1. The first-order valence-electron chi connectivity index (χ1n) is 9.69. The second kappa shape index (κ2) is 8.59. The van der Waals surface area contributed by atoms with Crippen LogP contribution in [-0.4, -0.2) is 22.2 Å². The number of anilines is 1. The van der Waals surface area contributed by atoms with E-state index in [2.05, 4.69) is 0 Å². The molecule has 6 nitrogen and oxygen atoms in total. The third-order valence-corrected chi connectivity index (χ3v) is 6.04. The van der Waals surface area contributed by atoms with Crippen LogP contribution in [0.3, 0.4) is 0 Å². The number of carbonyl (C=O) groups is 1. The molecule has 0 N–H and O–H groups in total. The van der Waals surface area contributed by atoms with Crippen molar-refractivity contribution in [2.24, 2.45) is 7.05 Å². The Morgan fingerprint density at radius 1 is 1.03 bits per heavy atom. The van der Waals surface area contributed by atoms with Crippen LogP contribution in [0.1, 0.15) is 11.3 Å². The van der Waals surface area contributed by atoms with Gasteiger partial charge in [-0.25, -0.2) is 4.79 Å². The van der Waals surface area contributed by atoms with E-state index in [-0.39, 0.29) is 18.0 Å². The summed E-state index contributed by atoms with van der Waals surface area (Å²) in [6.45, 7) is 0.823. The molecule has 1 amide bonds. The number of carbonyl (C=O) groups excluding carboxylic acids is 1. The second-order valence-electron chi connectivity index (χ2n) is 6.99. The Kier molecular flexibility index (Phi) is 5.72. The number of aryl methyl sites for hydroxylation is 2. The highest BCUT2D eigenvalue weighted by Crippen LogP contribution is 2.24. The van der Waals surface area contributed by atoms with Gasteiger partial charge in [-0.3, -0.25) is 13.9 Å². The number of nitrogens with zero attached hydrogens (tertiary/aromatic N) is 3. The van der Waals surface area contributed by atoms with Crippen LogP contribution in [-0.2, 0) is 24.9 Å². The quantitative estimate of drug-likeness (QED) is 0.453. The number of thiophene rings is 1. The topological polar surface area (TPSA) is 56.5 Å². The average Bonchev–Trinajstić information content (AvgIpc) is 3.38. The van der Waals surface area contributed by atoms with Gasteiger partial charge in [0.05, 0.1) is 24.7 Å². The zero-order valence-corrected chi connectivity index (χ0v) is 17.8. The number of para-hydroxylation sites is 2. The summed E-state index contributed by atoms with van der Waals surface area (Å²) in [6.07, 6.45) is 0.227. The summed E-state index contributed by atoms with van der Waals surface area (Å²) >= 11 is 1.62. The molecule has 4 aromatic rings. The van der Waals surface area contributed by atoms with E-state index in [1.54, 1.807) is 39.5 Å². The summed E-state index contributed by atoms with van der Waals surface area (Å²) in [4.78, 5) is 28.7. The maximum Gasteiger partial charge on any atom is 0.328 e. The zero-order chi connectivity index (χ0) is 21.1. The van der Waals surface area contributed by atoms with Crippen molar-refractivity contribution in [3.05, 3.63) is 81.4 Å². The van der Waals surface area contributed by atoms with Gasteiger partial charge in [-0.15, -0.1) is 11.3 Å². The fourth-order valence-electron chi connectivity index (χ4n) is 3.57. The molecule has 0 fully saturated rings. The van der Waals surface area contributed by atoms with Crippen LogP contribution in [0.25, 0.3) is 11.0 Å². The van der Waals surface area contributed by atoms with E-state index in [0.29, 0.717) is 13.1 Å². The van der Waals surface area contributed by atoms with E-state index >= 15 is 0 Å². The average molecular weight is 422 g/mol. The van der Waals surface area contributed by atoms with Crippen LogP contribution in [0.15, 0.2) is 70.8 Å². The molecule has 0 atom stereocenters. The lowest BCUT2D eigenvalue weighted by Gasteiger charge is -2.23. The van der Waals surface area contributed by atoms with Gasteiger partial charge >= 0.3 is 5.69 Å². The molecule has 0 unspecified atom stereocenters. The molecular weight excluding hydrogens is 398 g/mol. The number of fused-ring (bicyclic) bond motifs is 1. The van der Waals surface area contributed by atoms with Gasteiger partial charge in [0.2, 0.25) is 5.91 Å². The predicted molar refractivity (Wildman–Crippen MR) is 120 cm³/mol. The van der Waals surface area contributed by atoms with E-state index in [9.17, 15) is 9.59 Å². The predicted octanol–water partition coefficient (Wildman–Crippen LogP) is 4.03. The molecule has 0 saturated carbocycles. The van der Waals surface area contributed by atoms with Crippen LogP contribution in [0.5, 0.6) is 5.75 Å². The van der Waals surface area contributed by atoms with Gasteiger partial charge in [-0.05, 0) is 47.8 Å². The number of aromatic nitrogens is 2. The monoisotopic (exact) mass is 421 g/mol. The van der Waals surface area contributed by atoms with Gasteiger partial charge in [0, 0.05) is 30.6 Å². The van der Waals surface area contributed by atoms with Crippen LogP contribution >= 0.6 is 11.3 Å². The molecule has 0 aliphatic carbocycles. The minimum atomic E-state index is -0.113. The van der Waals surface area contributed by atoms with Gasteiger partial charge in [-0.2, -0.15) is 0 Å². The number of rotatable bonds is 7. The van der Waals surface area contributed by atoms with Crippen molar-refractivity contribution in [3.63, 3.8) is 0 Å². The van der Waals surface area contributed by atoms with Gasteiger partial charge in [0.1, 0.15) is 5.75 Å². The molecule has 0 radical (unpaired) electrons. The minimum absolute atomic E-state index is 0.0339. The van der Waals surface area contributed by atoms with E-state index in [1.807, 2.05) is 66.0 Å². The van der Waals surface area contributed by atoms with Crippen LogP contribution in [0.2, 0.25) is 0 Å². The highest BCUT2D eigenvalue weighted by atomic mass is 32.1.